The Morgan fingerprint density at radius 2 is 2.08 bits per heavy atom. The number of rotatable bonds is 3. The van der Waals surface area contributed by atoms with Gasteiger partial charge in [0.1, 0.15) is 0 Å². The number of hydrogen-bond acceptors (Lipinski definition) is 4. The normalized spacial score (nSPS) is 12.6. The van der Waals surface area contributed by atoms with Crippen LogP contribution >= 0.6 is 0 Å². The Balaban J connectivity index is 2.58. The van der Waals surface area contributed by atoms with Crippen LogP contribution in [0.5, 0.6) is 0 Å². The van der Waals surface area contributed by atoms with Gasteiger partial charge in [0, 0.05) is 18.4 Å². The molecule has 0 aliphatic rings. The maximum absolute atomic E-state index is 8.73. The van der Waals surface area contributed by atoms with Crippen molar-refractivity contribution < 1.29 is 5.11 Å². The van der Waals surface area contributed by atoms with Crippen LogP contribution in [0.1, 0.15) is 12.5 Å². The first kappa shape index (κ1) is 8.93. The number of nitrogens with zero attached hydrogens (tertiary/aromatic N) is 2. The number of anilines is 1. The molecule has 2 N–H and O–H groups in total. The Morgan fingerprint density at radius 3 is 2.58 bits per heavy atom. The van der Waals surface area contributed by atoms with Crippen LogP contribution in [-0.2, 0) is 0 Å². The Kier molecular flexibility index (Phi) is 2.99. The van der Waals surface area contributed by atoms with Gasteiger partial charge in [-0.3, -0.25) is 0 Å². The molecule has 12 heavy (non-hydrogen) atoms. The van der Waals surface area contributed by atoms with E-state index in [0.717, 1.165) is 5.56 Å². The summed E-state index contributed by atoms with van der Waals surface area (Å²) in [4.78, 5) is 8.07. The van der Waals surface area contributed by atoms with E-state index < -0.39 is 0 Å². The van der Waals surface area contributed by atoms with Crippen molar-refractivity contribution >= 4 is 5.95 Å². The third-order valence-electron chi connectivity index (χ3n) is 1.43. The van der Waals surface area contributed by atoms with E-state index in [-0.39, 0.29) is 12.6 Å². The highest BCUT2D eigenvalue weighted by Crippen LogP contribution is 1.99. The van der Waals surface area contributed by atoms with Crippen LogP contribution in [0, 0.1) is 6.92 Å². The van der Waals surface area contributed by atoms with E-state index in [2.05, 4.69) is 15.3 Å². The van der Waals surface area contributed by atoms with E-state index in [1.807, 2.05) is 13.8 Å². The zero-order valence-corrected chi connectivity index (χ0v) is 7.28. The van der Waals surface area contributed by atoms with E-state index in [1.54, 1.807) is 12.4 Å². The summed E-state index contributed by atoms with van der Waals surface area (Å²) in [5, 5.41) is 11.7. The molecule has 1 aromatic heterocycles. The minimum Gasteiger partial charge on any atom is -0.394 e. The molecule has 4 heteroatoms. The van der Waals surface area contributed by atoms with Gasteiger partial charge in [-0.05, 0) is 19.4 Å². The Bertz CT molecular complexity index is 235. The SMILES string of the molecule is Cc1cnc(N[C@@H](C)CO)nc1. The minimum atomic E-state index is -0.00675. The maximum Gasteiger partial charge on any atom is 0.222 e. The summed E-state index contributed by atoms with van der Waals surface area (Å²) in [7, 11) is 0. The van der Waals surface area contributed by atoms with E-state index >= 15 is 0 Å². The number of aromatic nitrogens is 2. The van der Waals surface area contributed by atoms with Crippen LogP contribution in [0.15, 0.2) is 12.4 Å². The minimum absolute atomic E-state index is 0.00675. The summed E-state index contributed by atoms with van der Waals surface area (Å²) in [6.07, 6.45) is 3.47. The molecule has 0 bridgehead atoms. The maximum atomic E-state index is 8.73. The van der Waals surface area contributed by atoms with Crippen molar-refractivity contribution in [3.8, 4) is 0 Å². The fourth-order valence-electron chi connectivity index (χ4n) is 0.733. The van der Waals surface area contributed by atoms with Crippen LogP contribution in [0.2, 0.25) is 0 Å². The molecular formula is C8H13N3O. The summed E-state index contributed by atoms with van der Waals surface area (Å²) in [6, 6.07) is -0.00675. The number of hydrogen-bond donors (Lipinski definition) is 2. The molecule has 4 nitrogen and oxygen atoms in total. The first-order valence-corrected chi connectivity index (χ1v) is 3.88. The van der Waals surface area contributed by atoms with Crippen LogP contribution < -0.4 is 5.32 Å². The summed E-state index contributed by atoms with van der Waals surface area (Å²) < 4.78 is 0. The molecule has 0 fully saturated rings. The van der Waals surface area contributed by atoms with Crippen LogP contribution in [-0.4, -0.2) is 27.7 Å². The Morgan fingerprint density at radius 1 is 1.50 bits per heavy atom. The van der Waals surface area contributed by atoms with Gasteiger partial charge in [0.25, 0.3) is 0 Å². The van der Waals surface area contributed by atoms with Gasteiger partial charge in [0.05, 0.1) is 6.61 Å². The molecule has 0 radical (unpaired) electrons. The van der Waals surface area contributed by atoms with Crippen molar-refractivity contribution in [2.24, 2.45) is 0 Å². The van der Waals surface area contributed by atoms with Crippen molar-refractivity contribution in [1.29, 1.82) is 0 Å². The molecule has 0 spiro atoms. The molecule has 1 heterocycles. The summed E-state index contributed by atoms with van der Waals surface area (Å²) in [5.74, 6) is 0.558. The molecule has 0 aliphatic carbocycles. The topological polar surface area (TPSA) is 58.0 Å². The highest BCUT2D eigenvalue weighted by atomic mass is 16.3. The predicted molar refractivity (Wildman–Crippen MR) is 46.9 cm³/mol. The largest absolute Gasteiger partial charge is 0.394 e. The van der Waals surface area contributed by atoms with E-state index in [0.29, 0.717) is 5.95 Å². The summed E-state index contributed by atoms with van der Waals surface area (Å²) in [6.45, 7) is 3.87. The lowest BCUT2D eigenvalue weighted by atomic mass is 10.4. The molecule has 0 amide bonds. The highest BCUT2D eigenvalue weighted by Gasteiger charge is 2.00. The second-order valence-corrected chi connectivity index (χ2v) is 2.81. The Hall–Kier alpha value is -1.16. The van der Waals surface area contributed by atoms with E-state index in [1.165, 1.54) is 0 Å². The number of aryl methyl sites for hydroxylation is 1. The second-order valence-electron chi connectivity index (χ2n) is 2.81. The van der Waals surface area contributed by atoms with Crippen molar-refractivity contribution in [3.05, 3.63) is 18.0 Å². The van der Waals surface area contributed by atoms with Gasteiger partial charge in [-0.25, -0.2) is 9.97 Å². The van der Waals surface area contributed by atoms with Crippen molar-refractivity contribution in [2.75, 3.05) is 11.9 Å². The number of aliphatic hydroxyl groups excluding tert-OH is 1. The van der Waals surface area contributed by atoms with Crippen LogP contribution in [0.3, 0.4) is 0 Å². The molecule has 0 aliphatic heterocycles. The third-order valence-corrected chi connectivity index (χ3v) is 1.43. The average molecular weight is 167 g/mol. The number of nitrogens with one attached hydrogen (secondary N) is 1. The lowest BCUT2D eigenvalue weighted by Crippen LogP contribution is -2.20. The lowest BCUT2D eigenvalue weighted by molar-refractivity contribution is 0.281. The van der Waals surface area contributed by atoms with Gasteiger partial charge in [0.15, 0.2) is 0 Å². The molecule has 1 atom stereocenters. The van der Waals surface area contributed by atoms with Gasteiger partial charge < -0.3 is 10.4 Å². The van der Waals surface area contributed by atoms with E-state index in [4.69, 9.17) is 5.11 Å². The fraction of sp³-hybridized carbons (Fsp3) is 0.500. The average Bonchev–Trinajstić information content (AvgIpc) is 2.09. The Labute approximate surface area is 71.7 Å². The van der Waals surface area contributed by atoms with Crippen LogP contribution in [0.4, 0.5) is 5.95 Å². The molecule has 0 saturated heterocycles. The van der Waals surface area contributed by atoms with Crippen LogP contribution in [0.25, 0.3) is 0 Å². The highest BCUT2D eigenvalue weighted by molar-refractivity contribution is 5.25. The zero-order chi connectivity index (χ0) is 8.97. The quantitative estimate of drug-likeness (QED) is 0.691. The first-order valence-electron chi connectivity index (χ1n) is 3.88. The molecular weight excluding hydrogens is 154 g/mol. The first-order chi connectivity index (χ1) is 5.72. The molecule has 0 unspecified atom stereocenters. The molecule has 1 aromatic rings. The predicted octanol–water partition coefficient (Wildman–Crippen LogP) is 0.578. The fourth-order valence-corrected chi connectivity index (χ4v) is 0.733. The van der Waals surface area contributed by atoms with Gasteiger partial charge in [-0.1, -0.05) is 0 Å². The molecule has 0 aromatic carbocycles. The lowest BCUT2D eigenvalue weighted by Gasteiger charge is -2.09. The second kappa shape index (κ2) is 4.01. The molecule has 66 valence electrons. The van der Waals surface area contributed by atoms with Gasteiger partial charge in [-0.2, -0.15) is 0 Å². The number of aliphatic hydroxyl groups is 1. The van der Waals surface area contributed by atoms with Gasteiger partial charge in [0.2, 0.25) is 5.95 Å². The third kappa shape index (κ3) is 2.47. The molecule has 1 rings (SSSR count). The van der Waals surface area contributed by atoms with Gasteiger partial charge >= 0.3 is 0 Å². The monoisotopic (exact) mass is 167 g/mol. The van der Waals surface area contributed by atoms with Gasteiger partial charge in [-0.15, -0.1) is 0 Å². The van der Waals surface area contributed by atoms with Crippen molar-refractivity contribution in [1.82, 2.24) is 9.97 Å². The summed E-state index contributed by atoms with van der Waals surface area (Å²) >= 11 is 0. The standard InChI is InChI=1S/C8H13N3O/c1-6-3-9-8(10-4-6)11-7(2)5-12/h3-4,7,12H,5H2,1-2H3,(H,9,10,11)/t7-/m0/s1. The molecule has 0 saturated carbocycles. The van der Waals surface area contributed by atoms with Crippen molar-refractivity contribution in [2.45, 2.75) is 19.9 Å². The van der Waals surface area contributed by atoms with E-state index in [9.17, 15) is 0 Å². The van der Waals surface area contributed by atoms with Crippen molar-refractivity contribution in [3.63, 3.8) is 0 Å². The summed E-state index contributed by atoms with van der Waals surface area (Å²) in [5.41, 5.74) is 1.03. The zero-order valence-electron chi connectivity index (χ0n) is 7.28. The smallest absolute Gasteiger partial charge is 0.222 e.